The molecule has 1 aliphatic carbocycles. The van der Waals surface area contributed by atoms with Crippen molar-refractivity contribution in [2.75, 3.05) is 0 Å². The van der Waals surface area contributed by atoms with E-state index < -0.39 is 0 Å². The lowest BCUT2D eigenvalue weighted by Gasteiger charge is -2.26. The highest BCUT2D eigenvalue weighted by Crippen LogP contribution is 2.22. The summed E-state index contributed by atoms with van der Waals surface area (Å²) in [6.45, 7) is 0. The number of nitriles is 1. The Morgan fingerprint density at radius 1 is 1.31 bits per heavy atom. The molecule has 1 fully saturated rings. The molecule has 1 aliphatic rings. The SMILES string of the molecule is N#Cc1ccc(OC2CCC(N)CC2)cn1. The molecule has 4 nitrogen and oxygen atoms in total. The highest BCUT2D eigenvalue weighted by atomic mass is 16.5. The first-order valence-corrected chi connectivity index (χ1v) is 5.56. The first-order valence-electron chi connectivity index (χ1n) is 5.56. The van der Waals surface area contributed by atoms with Crippen LogP contribution in [0.2, 0.25) is 0 Å². The normalized spacial score (nSPS) is 24.8. The van der Waals surface area contributed by atoms with Crippen LogP contribution >= 0.6 is 0 Å². The fourth-order valence-corrected chi connectivity index (χ4v) is 1.92. The summed E-state index contributed by atoms with van der Waals surface area (Å²) >= 11 is 0. The van der Waals surface area contributed by atoms with E-state index in [9.17, 15) is 0 Å². The van der Waals surface area contributed by atoms with Crippen molar-refractivity contribution in [3.05, 3.63) is 24.0 Å². The number of nitrogens with two attached hydrogens (primary N) is 1. The van der Waals surface area contributed by atoms with Crippen LogP contribution in [0.1, 0.15) is 31.4 Å². The molecule has 0 radical (unpaired) electrons. The van der Waals surface area contributed by atoms with E-state index in [1.54, 1.807) is 18.3 Å². The number of aromatic nitrogens is 1. The molecule has 0 saturated heterocycles. The lowest BCUT2D eigenvalue weighted by atomic mass is 9.94. The summed E-state index contributed by atoms with van der Waals surface area (Å²) in [5, 5.41) is 8.61. The summed E-state index contributed by atoms with van der Waals surface area (Å²) in [4.78, 5) is 3.97. The third kappa shape index (κ3) is 2.71. The van der Waals surface area contributed by atoms with Crippen molar-refractivity contribution in [1.82, 2.24) is 4.98 Å². The molecule has 0 aliphatic heterocycles. The molecular formula is C12H15N3O. The second kappa shape index (κ2) is 4.95. The van der Waals surface area contributed by atoms with Crippen molar-refractivity contribution in [3.63, 3.8) is 0 Å². The maximum absolute atomic E-state index is 8.61. The Hall–Kier alpha value is -1.60. The summed E-state index contributed by atoms with van der Waals surface area (Å²) in [5.74, 6) is 0.736. The zero-order valence-corrected chi connectivity index (χ0v) is 9.10. The van der Waals surface area contributed by atoms with Crippen molar-refractivity contribution in [2.45, 2.75) is 37.8 Å². The quantitative estimate of drug-likeness (QED) is 0.816. The van der Waals surface area contributed by atoms with Gasteiger partial charge in [0.05, 0.1) is 12.3 Å². The first-order chi connectivity index (χ1) is 7.78. The minimum atomic E-state index is 0.245. The van der Waals surface area contributed by atoms with Crippen molar-refractivity contribution < 1.29 is 4.74 Å². The van der Waals surface area contributed by atoms with E-state index in [-0.39, 0.29) is 6.10 Å². The molecule has 4 heteroatoms. The second-order valence-electron chi connectivity index (χ2n) is 4.15. The highest BCUT2D eigenvalue weighted by molar-refractivity contribution is 5.26. The van der Waals surface area contributed by atoms with Crippen molar-refractivity contribution in [1.29, 1.82) is 5.26 Å². The Kier molecular flexibility index (Phi) is 3.37. The Balaban J connectivity index is 1.91. The van der Waals surface area contributed by atoms with Crippen molar-refractivity contribution in [3.8, 4) is 11.8 Å². The average Bonchev–Trinajstić information content (AvgIpc) is 2.33. The third-order valence-electron chi connectivity index (χ3n) is 2.87. The Labute approximate surface area is 95.0 Å². The Morgan fingerprint density at radius 2 is 2.06 bits per heavy atom. The molecule has 1 aromatic rings. The molecule has 84 valence electrons. The minimum absolute atomic E-state index is 0.245. The van der Waals surface area contributed by atoms with Gasteiger partial charge in [0.15, 0.2) is 0 Å². The smallest absolute Gasteiger partial charge is 0.140 e. The number of ether oxygens (including phenoxy) is 1. The summed E-state index contributed by atoms with van der Waals surface area (Å²) in [7, 11) is 0. The summed E-state index contributed by atoms with van der Waals surface area (Å²) in [6.07, 6.45) is 5.90. The van der Waals surface area contributed by atoms with E-state index in [0.717, 1.165) is 31.4 Å². The number of nitrogens with zero attached hydrogens (tertiary/aromatic N) is 2. The van der Waals surface area contributed by atoms with Crippen LogP contribution in [-0.2, 0) is 0 Å². The van der Waals surface area contributed by atoms with E-state index in [1.165, 1.54) is 0 Å². The fourth-order valence-electron chi connectivity index (χ4n) is 1.92. The number of hydrogen-bond donors (Lipinski definition) is 1. The van der Waals surface area contributed by atoms with Gasteiger partial charge in [0.2, 0.25) is 0 Å². The molecule has 0 aromatic carbocycles. The maximum Gasteiger partial charge on any atom is 0.140 e. The molecule has 1 heterocycles. The van der Waals surface area contributed by atoms with Gasteiger partial charge < -0.3 is 10.5 Å². The predicted molar refractivity (Wildman–Crippen MR) is 59.8 cm³/mol. The number of pyridine rings is 1. The van der Waals surface area contributed by atoms with Crippen LogP contribution in [0, 0.1) is 11.3 Å². The first kappa shape index (κ1) is 10.9. The van der Waals surface area contributed by atoms with Crippen molar-refractivity contribution >= 4 is 0 Å². The van der Waals surface area contributed by atoms with Crippen molar-refractivity contribution in [2.24, 2.45) is 5.73 Å². The molecule has 16 heavy (non-hydrogen) atoms. The van der Waals surface area contributed by atoms with E-state index in [2.05, 4.69) is 4.98 Å². The molecule has 0 unspecified atom stereocenters. The van der Waals surface area contributed by atoms with Gasteiger partial charge in [0.25, 0.3) is 0 Å². The molecular weight excluding hydrogens is 202 g/mol. The third-order valence-corrected chi connectivity index (χ3v) is 2.87. The van der Waals surface area contributed by atoms with Crippen LogP contribution in [0.5, 0.6) is 5.75 Å². The van der Waals surface area contributed by atoms with Gasteiger partial charge in [0.1, 0.15) is 17.5 Å². The Bertz CT molecular complexity index is 374. The summed E-state index contributed by atoms with van der Waals surface area (Å²) in [6, 6.07) is 5.78. The van der Waals surface area contributed by atoms with Crippen LogP contribution < -0.4 is 10.5 Å². The van der Waals surface area contributed by atoms with Crippen LogP contribution in [0.15, 0.2) is 18.3 Å². The van der Waals surface area contributed by atoms with Gasteiger partial charge >= 0.3 is 0 Å². The predicted octanol–water partition coefficient (Wildman–Crippen LogP) is 1.60. The summed E-state index contributed by atoms with van der Waals surface area (Å²) in [5.41, 5.74) is 6.24. The molecule has 0 atom stereocenters. The molecule has 1 saturated carbocycles. The monoisotopic (exact) mass is 217 g/mol. The van der Waals surface area contributed by atoms with Gasteiger partial charge in [0, 0.05) is 6.04 Å². The van der Waals surface area contributed by atoms with Gasteiger partial charge in [-0.1, -0.05) is 0 Å². The fraction of sp³-hybridized carbons (Fsp3) is 0.500. The van der Waals surface area contributed by atoms with Gasteiger partial charge in [-0.25, -0.2) is 4.98 Å². The Morgan fingerprint density at radius 3 is 2.62 bits per heavy atom. The summed E-state index contributed by atoms with van der Waals surface area (Å²) < 4.78 is 5.78. The molecule has 0 bridgehead atoms. The molecule has 2 rings (SSSR count). The zero-order valence-electron chi connectivity index (χ0n) is 9.10. The number of hydrogen-bond acceptors (Lipinski definition) is 4. The van der Waals surface area contributed by atoms with Gasteiger partial charge in [-0.15, -0.1) is 0 Å². The largest absolute Gasteiger partial charge is 0.489 e. The lowest BCUT2D eigenvalue weighted by molar-refractivity contribution is 0.146. The minimum Gasteiger partial charge on any atom is -0.489 e. The van der Waals surface area contributed by atoms with Crippen LogP contribution in [0.25, 0.3) is 0 Å². The van der Waals surface area contributed by atoms with E-state index in [0.29, 0.717) is 11.7 Å². The maximum atomic E-state index is 8.61. The molecule has 0 spiro atoms. The van der Waals surface area contributed by atoms with E-state index in [4.69, 9.17) is 15.7 Å². The van der Waals surface area contributed by atoms with Crippen LogP contribution in [0.4, 0.5) is 0 Å². The van der Waals surface area contributed by atoms with Crippen LogP contribution in [0.3, 0.4) is 0 Å². The van der Waals surface area contributed by atoms with Crippen LogP contribution in [-0.4, -0.2) is 17.1 Å². The standard InChI is InChI=1S/C12H15N3O/c13-7-10-3-6-12(8-15-10)16-11-4-1-9(14)2-5-11/h3,6,8-9,11H,1-2,4-5,14H2. The molecule has 0 amide bonds. The average molecular weight is 217 g/mol. The van der Waals surface area contributed by atoms with E-state index in [1.807, 2.05) is 6.07 Å². The number of rotatable bonds is 2. The van der Waals surface area contributed by atoms with Gasteiger partial charge in [-0.05, 0) is 37.8 Å². The lowest BCUT2D eigenvalue weighted by Crippen LogP contribution is -2.31. The van der Waals surface area contributed by atoms with E-state index >= 15 is 0 Å². The van der Waals surface area contributed by atoms with Gasteiger partial charge in [-0.3, -0.25) is 0 Å². The highest BCUT2D eigenvalue weighted by Gasteiger charge is 2.19. The van der Waals surface area contributed by atoms with Gasteiger partial charge in [-0.2, -0.15) is 5.26 Å². The molecule has 1 aromatic heterocycles. The molecule has 2 N–H and O–H groups in total. The second-order valence-corrected chi connectivity index (χ2v) is 4.15. The zero-order chi connectivity index (χ0) is 11.4. The topological polar surface area (TPSA) is 71.9 Å².